The summed E-state index contributed by atoms with van der Waals surface area (Å²) in [5.74, 6) is 1.12. The summed E-state index contributed by atoms with van der Waals surface area (Å²) in [6.45, 7) is 3.90. The Morgan fingerprint density at radius 1 is 1.26 bits per heavy atom. The van der Waals surface area contributed by atoms with Crippen molar-refractivity contribution in [2.45, 2.75) is 37.5 Å². The molecule has 0 radical (unpaired) electrons. The lowest BCUT2D eigenvalue weighted by Crippen LogP contribution is -2.42. The zero-order chi connectivity index (χ0) is 18.3. The van der Waals surface area contributed by atoms with E-state index in [0.29, 0.717) is 24.4 Å². The van der Waals surface area contributed by atoms with Crippen LogP contribution in [0, 0.1) is 11.8 Å². The van der Waals surface area contributed by atoms with Crippen LogP contribution < -0.4 is 5.32 Å². The average Bonchev–Trinajstić information content (AvgIpc) is 3.42. The molecule has 0 aliphatic carbocycles. The number of carbonyl (C=O) groups excluding carboxylic acids is 1. The molecule has 27 heavy (non-hydrogen) atoms. The zero-order valence-corrected chi connectivity index (χ0v) is 16.3. The van der Waals surface area contributed by atoms with E-state index in [0.717, 1.165) is 38.2 Å². The van der Waals surface area contributed by atoms with Crippen molar-refractivity contribution >= 4 is 17.2 Å². The Labute approximate surface area is 164 Å². The molecule has 1 spiro atoms. The van der Waals surface area contributed by atoms with Crippen molar-refractivity contribution in [2.75, 3.05) is 19.6 Å². The van der Waals surface area contributed by atoms with Gasteiger partial charge in [0.15, 0.2) is 0 Å². The molecule has 4 heterocycles. The van der Waals surface area contributed by atoms with Crippen molar-refractivity contribution in [3.8, 4) is 0 Å². The standard InChI is InChI=1S/C22H26N2O2S/c25-21(11-16-5-2-1-3-6-16)23-12-18-19-14-24(13-17-7-4-10-27-17)15-22(19)9-8-20(18)26-22/h1-7,10,18-20H,8-9,11-15H2,(H,23,25)/t18-,19+,20+,22+/m0/s1. The number of hydrogen-bond donors (Lipinski definition) is 1. The Morgan fingerprint density at radius 2 is 2.15 bits per heavy atom. The first kappa shape index (κ1) is 17.4. The molecule has 5 heteroatoms. The quantitative estimate of drug-likeness (QED) is 0.835. The molecule has 4 nitrogen and oxygen atoms in total. The minimum absolute atomic E-state index is 0.0384. The molecule has 3 aliphatic rings. The van der Waals surface area contributed by atoms with Crippen LogP contribution in [0.4, 0.5) is 0 Å². The number of benzene rings is 1. The van der Waals surface area contributed by atoms with Gasteiger partial charge >= 0.3 is 0 Å². The highest BCUT2D eigenvalue weighted by molar-refractivity contribution is 7.09. The molecule has 142 valence electrons. The fraction of sp³-hybridized carbons (Fsp3) is 0.500. The summed E-state index contributed by atoms with van der Waals surface area (Å²) in [4.78, 5) is 16.4. The van der Waals surface area contributed by atoms with Crippen LogP contribution in [0.1, 0.15) is 23.3 Å². The third-order valence-corrected chi connectivity index (χ3v) is 7.42. The highest BCUT2D eigenvalue weighted by Gasteiger charge is 2.62. The third kappa shape index (κ3) is 3.33. The van der Waals surface area contributed by atoms with E-state index in [-0.39, 0.29) is 11.5 Å². The van der Waals surface area contributed by atoms with Crippen molar-refractivity contribution in [1.29, 1.82) is 0 Å². The molecule has 3 saturated heterocycles. The summed E-state index contributed by atoms with van der Waals surface area (Å²) in [6.07, 6.45) is 3.11. The molecule has 1 amide bonds. The van der Waals surface area contributed by atoms with E-state index in [1.54, 1.807) is 0 Å². The summed E-state index contributed by atoms with van der Waals surface area (Å²) >= 11 is 1.83. The van der Waals surface area contributed by atoms with Crippen molar-refractivity contribution in [3.63, 3.8) is 0 Å². The first-order valence-electron chi connectivity index (χ1n) is 9.95. The molecule has 1 N–H and O–H groups in total. The number of fused-ring (bicyclic) bond motifs is 1. The van der Waals surface area contributed by atoms with E-state index in [1.807, 2.05) is 41.7 Å². The maximum atomic E-state index is 12.4. The van der Waals surface area contributed by atoms with Crippen molar-refractivity contribution < 1.29 is 9.53 Å². The van der Waals surface area contributed by atoms with Crippen LogP contribution in [0.15, 0.2) is 47.8 Å². The molecule has 2 bridgehead atoms. The van der Waals surface area contributed by atoms with Gasteiger partial charge in [-0.1, -0.05) is 36.4 Å². The number of nitrogens with zero attached hydrogens (tertiary/aromatic N) is 1. The second-order valence-corrected chi connectivity index (χ2v) is 9.28. The van der Waals surface area contributed by atoms with Gasteiger partial charge in [0.1, 0.15) is 0 Å². The molecule has 1 aromatic heterocycles. The first-order valence-corrected chi connectivity index (χ1v) is 10.8. The molecule has 2 aromatic rings. The molecule has 4 atom stereocenters. The minimum atomic E-state index is 0.0384. The summed E-state index contributed by atoms with van der Waals surface area (Å²) in [5.41, 5.74) is 1.11. The molecule has 5 rings (SSSR count). The van der Waals surface area contributed by atoms with Gasteiger partial charge in [0.05, 0.1) is 18.1 Å². The number of thiophene rings is 1. The normalized spacial score (nSPS) is 31.9. The molecule has 0 unspecified atom stereocenters. The van der Waals surface area contributed by atoms with Gasteiger partial charge in [0.25, 0.3) is 0 Å². The van der Waals surface area contributed by atoms with Crippen LogP contribution in [0.2, 0.25) is 0 Å². The van der Waals surface area contributed by atoms with Crippen LogP contribution in [-0.4, -0.2) is 42.1 Å². The number of ether oxygens (including phenoxy) is 1. The van der Waals surface area contributed by atoms with E-state index in [9.17, 15) is 4.79 Å². The highest BCUT2D eigenvalue weighted by atomic mass is 32.1. The highest BCUT2D eigenvalue weighted by Crippen LogP contribution is 2.54. The predicted molar refractivity (Wildman–Crippen MR) is 107 cm³/mol. The minimum Gasteiger partial charge on any atom is -0.370 e. The van der Waals surface area contributed by atoms with Gasteiger partial charge in [-0.25, -0.2) is 0 Å². The lowest BCUT2D eigenvalue weighted by molar-refractivity contribution is -0.120. The number of likely N-dealkylation sites (tertiary alicyclic amines) is 1. The van der Waals surface area contributed by atoms with Gasteiger partial charge in [-0.2, -0.15) is 0 Å². The predicted octanol–water partition coefficient (Wildman–Crippen LogP) is 3.09. The van der Waals surface area contributed by atoms with Crippen LogP contribution in [-0.2, 0) is 22.5 Å². The molecular weight excluding hydrogens is 356 g/mol. The topological polar surface area (TPSA) is 41.6 Å². The van der Waals surface area contributed by atoms with Gasteiger partial charge in [0, 0.05) is 42.9 Å². The Balaban J connectivity index is 1.20. The van der Waals surface area contributed by atoms with E-state index >= 15 is 0 Å². The second-order valence-electron chi connectivity index (χ2n) is 8.25. The fourth-order valence-electron chi connectivity index (χ4n) is 5.38. The number of carbonyl (C=O) groups is 1. The Bertz CT molecular complexity index is 794. The Kier molecular flexibility index (Phi) is 4.54. The lowest BCUT2D eigenvalue weighted by atomic mass is 9.73. The average molecular weight is 383 g/mol. The van der Waals surface area contributed by atoms with Gasteiger partial charge in [-0.3, -0.25) is 9.69 Å². The van der Waals surface area contributed by atoms with Crippen LogP contribution in [0.25, 0.3) is 0 Å². The van der Waals surface area contributed by atoms with Crippen molar-refractivity contribution in [1.82, 2.24) is 10.2 Å². The maximum Gasteiger partial charge on any atom is 0.224 e. The van der Waals surface area contributed by atoms with Crippen LogP contribution >= 0.6 is 11.3 Å². The molecular formula is C22H26N2O2S. The largest absolute Gasteiger partial charge is 0.370 e. The SMILES string of the molecule is O=C(Cc1ccccc1)NC[C@H]1[C@H]2CN(Cc3cccs3)C[C@]23CC[C@H]1O3. The number of nitrogens with one attached hydrogen (secondary N) is 1. The van der Waals surface area contributed by atoms with Gasteiger partial charge in [-0.05, 0) is 29.9 Å². The molecule has 3 aliphatic heterocycles. The Morgan fingerprint density at radius 3 is 2.96 bits per heavy atom. The maximum absolute atomic E-state index is 12.4. The third-order valence-electron chi connectivity index (χ3n) is 6.56. The summed E-state index contributed by atoms with van der Waals surface area (Å²) < 4.78 is 6.51. The van der Waals surface area contributed by atoms with E-state index in [2.05, 4.69) is 27.7 Å². The van der Waals surface area contributed by atoms with Gasteiger partial charge in [0.2, 0.25) is 5.91 Å². The smallest absolute Gasteiger partial charge is 0.224 e. The van der Waals surface area contributed by atoms with Crippen molar-refractivity contribution in [2.24, 2.45) is 11.8 Å². The summed E-state index contributed by atoms with van der Waals surface area (Å²) in [5, 5.41) is 5.34. The summed E-state index contributed by atoms with van der Waals surface area (Å²) in [6, 6.07) is 14.3. The van der Waals surface area contributed by atoms with E-state index in [4.69, 9.17) is 4.74 Å². The molecule has 3 fully saturated rings. The van der Waals surface area contributed by atoms with Crippen LogP contribution in [0.3, 0.4) is 0 Å². The number of rotatable bonds is 6. The summed E-state index contributed by atoms with van der Waals surface area (Å²) in [7, 11) is 0. The Hall–Kier alpha value is -1.69. The van der Waals surface area contributed by atoms with Gasteiger partial charge < -0.3 is 10.1 Å². The molecule has 0 saturated carbocycles. The van der Waals surface area contributed by atoms with E-state index in [1.165, 1.54) is 11.3 Å². The second kappa shape index (κ2) is 7.04. The van der Waals surface area contributed by atoms with Crippen LogP contribution in [0.5, 0.6) is 0 Å². The molecule has 1 aromatic carbocycles. The van der Waals surface area contributed by atoms with Crippen molar-refractivity contribution in [3.05, 3.63) is 58.3 Å². The van der Waals surface area contributed by atoms with Gasteiger partial charge in [-0.15, -0.1) is 11.3 Å². The first-order chi connectivity index (χ1) is 13.2. The zero-order valence-electron chi connectivity index (χ0n) is 15.5. The number of hydrogen-bond acceptors (Lipinski definition) is 4. The number of amides is 1. The lowest BCUT2D eigenvalue weighted by Gasteiger charge is -2.29. The van der Waals surface area contributed by atoms with E-state index < -0.39 is 0 Å². The monoisotopic (exact) mass is 382 g/mol. The fourth-order valence-corrected chi connectivity index (χ4v) is 6.12.